The first-order chi connectivity index (χ1) is 8.49. The fourth-order valence-electron chi connectivity index (χ4n) is 1.51. The van der Waals surface area contributed by atoms with Crippen molar-refractivity contribution in [2.24, 2.45) is 5.73 Å². The van der Waals surface area contributed by atoms with Crippen LogP contribution in [0, 0.1) is 11.6 Å². The van der Waals surface area contributed by atoms with Crippen molar-refractivity contribution in [2.75, 3.05) is 5.73 Å². The van der Waals surface area contributed by atoms with Gasteiger partial charge < -0.3 is 11.5 Å². The summed E-state index contributed by atoms with van der Waals surface area (Å²) >= 11 is 0. The number of nitrogen functional groups attached to an aromatic ring is 1. The molecule has 6 heteroatoms. The molecule has 0 bridgehead atoms. The lowest BCUT2D eigenvalue weighted by Gasteiger charge is -2.05. The molecule has 1 amide bonds. The molecule has 0 saturated carbocycles. The number of carbonyl (C=O) groups excluding carboxylic acids is 1. The zero-order chi connectivity index (χ0) is 13.3. The molecule has 0 unspecified atom stereocenters. The van der Waals surface area contributed by atoms with Crippen LogP contribution in [0.4, 0.5) is 14.6 Å². The lowest BCUT2D eigenvalue weighted by molar-refractivity contribution is 0.100. The highest BCUT2D eigenvalue weighted by Crippen LogP contribution is 2.23. The third kappa shape index (κ3) is 2.13. The van der Waals surface area contributed by atoms with E-state index in [4.69, 9.17) is 11.5 Å². The highest BCUT2D eigenvalue weighted by atomic mass is 19.2. The molecular weight excluding hydrogens is 240 g/mol. The van der Waals surface area contributed by atoms with Crippen molar-refractivity contribution >= 4 is 11.7 Å². The summed E-state index contributed by atoms with van der Waals surface area (Å²) in [6.45, 7) is 0. The van der Waals surface area contributed by atoms with Gasteiger partial charge in [0.25, 0.3) is 5.91 Å². The van der Waals surface area contributed by atoms with Gasteiger partial charge in [-0.05, 0) is 23.8 Å². The van der Waals surface area contributed by atoms with Crippen LogP contribution < -0.4 is 11.5 Å². The number of primary amides is 1. The summed E-state index contributed by atoms with van der Waals surface area (Å²) in [6, 6.07) is 4.76. The Morgan fingerprint density at radius 1 is 1.11 bits per heavy atom. The average molecular weight is 249 g/mol. The van der Waals surface area contributed by atoms with E-state index in [1.54, 1.807) is 0 Å². The molecule has 4 nitrogen and oxygen atoms in total. The summed E-state index contributed by atoms with van der Waals surface area (Å²) in [6.07, 6.45) is 1.36. The Morgan fingerprint density at radius 2 is 1.83 bits per heavy atom. The number of halogens is 2. The maximum atomic E-state index is 13.1. The number of hydrogen-bond acceptors (Lipinski definition) is 3. The van der Waals surface area contributed by atoms with Gasteiger partial charge in [0.05, 0.1) is 5.56 Å². The van der Waals surface area contributed by atoms with E-state index < -0.39 is 17.5 Å². The second-order valence-corrected chi connectivity index (χ2v) is 3.65. The maximum Gasteiger partial charge on any atom is 0.252 e. The molecule has 0 spiro atoms. The van der Waals surface area contributed by atoms with Crippen molar-refractivity contribution in [2.45, 2.75) is 0 Å². The highest BCUT2D eigenvalue weighted by molar-refractivity contribution is 5.98. The van der Waals surface area contributed by atoms with Gasteiger partial charge >= 0.3 is 0 Å². The van der Waals surface area contributed by atoms with Gasteiger partial charge in [-0.3, -0.25) is 4.79 Å². The third-order valence-corrected chi connectivity index (χ3v) is 2.44. The Labute approximate surface area is 101 Å². The van der Waals surface area contributed by atoms with Gasteiger partial charge in [0.2, 0.25) is 0 Å². The molecule has 4 N–H and O–H groups in total. The van der Waals surface area contributed by atoms with Crippen LogP contribution >= 0.6 is 0 Å². The highest BCUT2D eigenvalue weighted by Gasteiger charge is 2.10. The summed E-state index contributed by atoms with van der Waals surface area (Å²) in [5.41, 5.74) is 11.4. The molecule has 1 heterocycles. The van der Waals surface area contributed by atoms with Gasteiger partial charge in [0, 0.05) is 11.8 Å². The van der Waals surface area contributed by atoms with E-state index in [2.05, 4.69) is 4.98 Å². The van der Waals surface area contributed by atoms with Crippen LogP contribution in [0.2, 0.25) is 0 Å². The van der Waals surface area contributed by atoms with Crippen LogP contribution in [0.25, 0.3) is 11.1 Å². The number of benzene rings is 1. The molecular formula is C12H9F2N3O. The standard InChI is InChI=1S/C12H9F2N3O/c13-9-2-1-6(4-10(9)14)7-3-8(12(16)18)11(15)17-5-7/h1-5H,(H2,15,17)(H2,16,18). The fraction of sp³-hybridized carbons (Fsp3) is 0. The quantitative estimate of drug-likeness (QED) is 0.849. The summed E-state index contributed by atoms with van der Waals surface area (Å²) < 4.78 is 25.9. The predicted octanol–water partition coefficient (Wildman–Crippen LogP) is 1.71. The van der Waals surface area contributed by atoms with Gasteiger partial charge in [0.15, 0.2) is 11.6 Å². The van der Waals surface area contributed by atoms with Crippen molar-refractivity contribution in [3.05, 3.63) is 47.7 Å². The van der Waals surface area contributed by atoms with E-state index in [0.29, 0.717) is 11.1 Å². The number of anilines is 1. The first-order valence-corrected chi connectivity index (χ1v) is 5.00. The molecule has 0 aliphatic rings. The molecule has 0 radical (unpaired) electrons. The zero-order valence-corrected chi connectivity index (χ0v) is 9.15. The number of aromatic nitrogens is 1. The van der Waals surface area contributed by atoms with E-state index in [-0.39, 0.29) is 11.4 Å². The fourth-order valence-corrected chi connectivity index (χ4v) is 1.51. The first kappa shape index (κ1) is 12.0. The van der Waals surface area contributed by atoms with Crippen molar-refractivity contribution in [1.82, 2.24) is 4.98 Å². The summed E-state index contributed by atoms with van der Waals surface area (Å²) in [7, 11) is 0. The zero-order valence-electron chi connectivity index (χ0n) is 9.15. The maximum absolute atomic E-state index is 13.1. The molecule has 0 aliphatic heterocycles. The van der Waals surface area contributed by atoms with Crippen molar-refractivity contribution < 1.29 is 13.6 Å². The van der Waals surface area contributed by atoms with Gasteiger partial charge in [-0.1, -0.05) is 6.07 Å². The van der Waals surface area contributed by atoms with Gasteiger partial charge in [-0.25, -0.2) is 13.8 Å². The summed E-state index contributed by atoms with van der Waals surface area (Å²) in [5, 5.41) is 0. The molecule has 0 saturated heterocycles. The largest absolute Gasteiger partial charge is 0.383 e. The van der Waals surface area contributed by atoms with Crippen molar-refractivity contribution in [3.63, 3.8) is 0 Å². The molecule has 0 aliphatic carbocycles. The average Bonchev–Trinajstić information content (AvgIpc) is 2.33. The molecule has 92 valence electrons. The lowest BCUT2D eigenvalue weighted by Crippen LogP contribution is -2.14. The van der Waals surface area contributed by atoms with Crippen LogP contribution in [0.5, 0.6) is 0 Å². The van der Waals surface area contributed by atoms with Crippen LogP contribution in [0.15, 0.2) is 30.5 Å². The van der Waals surface area contributed by atoms with Crippen LogP contribution in [-0.2, 0) is 0 Å². The van der Waals surface area contributed by atoms with Gasteiger partial charge in [-0.2, -0.15) is 0 Å². The van der Waals surface area contributed by atoms with Crippen LogP contribution in [-0.4, -0.2) is 10.9 Å². The number of rotatable bonds is 2. The number of hydrogen-bond donors (Lipinski definition) is 2. The smallest absolute Gasteiger partial charge is 0.252 e. The minimum atomic E-state index is -0.982. The summed E-state index contributed by atoms with van der Waals surface area (Å²) in [5.74, 6) is -2.67. The van der Waals surface area contributed by atoms with E-state index in [1.807, 2.05) is 0 Å². The Hall–Kier alpha value is -2.50. The second kappa shape index (κ2) is 4.40. The molecule has 0 atom stereocenters. The van der Waals surface area contributed by atoms with Crippen molar-refractivity contribution in [1.29, 1.82) is 0 Å². The Bertz CT molecular complexity index is 629. The Morgan fingerprint density at radius 3 is 2.44 bits per heavy atom. The van der Waals surface area contributed by atoms with E-state index >= 15 is 0 Å². The summed E-state index contributed by atoms with van der Waals surface area (Å²) in [4.78, 5) is 14.9. The number of carbonyl (C=O) groups is 1. The topological polar surface area (TPSA) is 82.0 Å². The van der Waals surface area contributed by atoms with E-state index in [0.717, 1.165) is 12.1 Å². The monoisotopic (exact) mass is 249 g/mol. The van der Waals surface area contributed by atoms with Crippen LogP contribution in [0.1, 0.15) is 10.4 Å². The molecule has 18 heavy (non-hydrogen) atoms. The lowest BCUT2D eigenvalue weighted by atomic mass is 10.1. The number of nitrogens with two attached hydrogens (primary N) is 2. The molecule has 1 aromatic heterocycles. The van der Waals surface area contributed by atoms with Gasteiger partial charge in [-0.15, -0.1) is 0 Å². The third-order valence-electron chi connectivity index (χ3n) is 2.44. The predicted molar refractivity (Wildman–Crippen MR) is 62.5 cm³/mol. The number of nitrogens with zero attached hydrogens (tertiary/aromatic N) is 1. The Balaban J connectivity index is 2.54. The first-order valence-electron chi connectivity index (χ1n) is 5.00. The van der Waals surface area contributed by atoms with Crippen molar-refractivity contribution in [3.8, 4) is 11.1 Å². The SMILES string of the molecule is NC(=O)c1cc(-c2ccc(F)c(F)c2)cnc1N. The minimum absolute atomic E-state index is 0.00571. The molecule has 2 aromatic rings. The van der Waals surface area contributed by atoms with Gasteiger partial charge in [0.1, 0.15) is 5.82 Å². The molecule has 0 fully saturated rings. The Kier molecular flexibility index (Phi) is 2.93. The van der Waals surface area contributed by atoms with E-state index in [9.17, 15) is 13.6 Å². The number of amides is 1. The van der Waals surface area contributed by atoms with E-state index in [1.165, 1.54) is 18.3 Å². The van der Waals surface area contributed by atoms with Crippen LogP contribution in [0.3, 0.4) is 0 Å². The minimum Gasteiger partial charge on any atom is -0.383 e. The molecule has 1 aromatic carbocycles. The number of pyridine rings is 1. The normalized spacial score (nSPS) is 10.3. The molecule has 2 rings (SSSR count). The second-order valence-electron chi connectivity index (χ2n) is 3.65.